The Balaban J connectivity index is 1.89. The van der Waals surface area contributed by atoms with Crippen LogP contribution in [0.3, 0.4) is 0 Å². The van der Waals surface area contributed by atoms with E-state index in [0.717, 1.165) is 4.47 Å². The molecule has 0 bridgehead atoms. The lowest BCUT2D eigenvalue weighted by Crippen LogP contribution is -2.33. The molecule has 8 heteroatoms. The minimum absolute atomic E-state index is 0.0742. The highest BCUT2D eigenvalue weighted by Crippen LogP contribution is 2.30. The molecular formula is C19H16BrN3O4. The van der Waals surface area contributed by atoms with Crippen molar-refractivity contribution in [1.82, 2.24) is 0 Å². The molecule has 3 rings (SSSR count). The molecule has 1 atom stereocenters. The molecule has 0 saturated heterocycles. The topological polar surface area (TPSA) is 108 Å². The standard InChI is InChI=1S/C19H16BrN3O4/c20-11-8-9-13(21-16(24)6-3-7-17(25)26)12(10-11)18-19(27)23-15-5-2-1-4-14(15)22-18/h1-2,4-5,8-10,18H,3,6-7H2,(H,21,24)(H,25,26). The van der Waals surface area contributed by atoms with Gasteiger partial charge in [-0.25, -0.2) is 4.99 Å². The van der Waals surface area contributed by atoms with Crippen LogP contribution in [-0.2, 0) is 14.4 Å². The molecular weight excluding hydrogens is 414 g/mol. The molecule has 2 aromatic rings. The smallest absolute Gasteiger partial charge is 0.303 e. The van der Waals surface area contributed by atoms with Crippen LogP contribution < -0.4 is 16.0 Å². The number of benzene rings is 2. The number of carbonyl (C=O) groups is 3. The Morgan fingerprint density at radius 1 is 1.11 bits per heavy atom. The summed E-state index contributed by atoms with van der Waals surface area (Å²) < 4.78 is 0.739. The van der Waals surface area contributed by atoms with Gasteiger partial charge >= 0.3 is 5.97 Å². The molecule has 7 nitrogen and oxygen atoms in total. The fraction of sp³-hybridized carbons (Fsp3) is 0.211. The molecule has 2 aromatic carbocycles. The van der Waals surface area contributed by atoms with E-state index in [1.54, 1.807) is 36.4 Å². The number of amides is 2. The van der Waals surface area contributed by atoms with Crippen LogP contribution in [0, 0.1) is 0 Å². The number of carboxylic acid groups (broad SMARTS) is 1. The number of nitrogens with one attached hydrogen (secondary N) is 1. The fourth-order valence-corrected chi connectivity index (χ4v) is 3.11. The molecule has 0 aliphatic carbocycles. The van der Waals surface area contributed by atoms with Crippen LogP contribution in [0.5, 0.6) is 0 Å². The van der Waals surface area contributed by atoms with E-state index in [1.165, 1.54) is 0 Å². The minimum Gasteiger partial charge on any atom is -0.481 e. The van der Waals surface area contributed by atoms with Crippen LogP contribution in [0.4, 0.5) is 5.69 Å². The number of para-hydroxylation sites is 2. The number of nitrogens with zero attached hydrogens (tertiary/aromatic N) is 2. The van der Waals surface area contributed by atoms with Crippen LogP contribution in [-0.4, -0.2) is 22.9 Å². The van der Waals surface area contributed by atoms with Crippen LogP contribution >= 0.6 is 15.9 Å². The first-order chi connectivity index (χ1) is 12.9. The number of hydrogen-bond donors (Lipinski definition) is 2. The number of anilines is 1. The first-order valence-electron chi connectivity index (χ1n) is 8.30. The molecule has 0 radical (unpaired) electrons. The highest BCUT2D eigenvalue weighted by Gasteiger charge is 2.25. The highest BCUT2D eigenvalue weighted by molar-refractivity contribution is 9.10. The van der Waals surface area contributed by atoms with Gasteiger partial charge < -0.3 is 10.4 Å². The van der Waals surface area contributed by atoms with Crippen molar-refractivity contribution in [2.75, 3.05) is 5.32 Å². The van der Waals surface area contributed by atoms with Gasteiger partial charge in [0.05, 0.1) is 10.7 Å². The zero-order chi connectivity index (χ0) is 19.4. The van der Waals surface area contributed by atoms with Crippen molar-refractivity contribution in [2.45, 2.75) is 25.3 Å². The summed E-state index contributed by atoms with van der Waals surface area (Å²) in [6.07, 6.45) is 0.236. The Hall–Kier alpha value is -2.87. The molecule has 2 amide bonds. The lowest BCUT2D eigenvalue weighted by molar-refractivity contribution is -0.137. The van der Waals surface area contributed by atoms with E-state index in [1.807, 2.05) is 6.07 Å². The third-order valence-corrected chi connectivity index (χ3v) is 4.48. The van der Waals surface area contributed by atoms with Crippen molar-refractivity contribution in [2.24, 2.45) is 9.98 Å². The molecule has 1 aliphatic heterocycles. The van der Waals surface area contributed by atoms with Gasteiger partial charge in [-0.15, -0.1) is 0 Å². The zero-order valence-corrected chi connectivity index (χ0v) is 15.8. The molecule has 1 aliphatic rings. The van der Waals surface area contributed by atoms with E-state index in [0.29, 0.717) is 22.0 Å². The van der Waals surface area contributed by atoms with E-state index in [9.17, 15) is 14.4 Å². The highest BCUT2D eigenvalue weighted by atomic mass is 79.9. The Morgan fingerprint density at radius 2 is 1.85 bits per heavy atom. The summed E-state index contributed by atoms with van der Waals surface area (Å²) >= 11 is 3.38. The molecule has 138 valence electrons. The Labute approximate surface area is 163 Å². The fourth-order valence-electron chi connectivity index (χ4n) is 2.73. The molecule has 0 saturated carbocycles. The van der Waals surface area contributed by atoms with Gasteiger partial charge in [-0.05, 0) is 36.8 Å². The summed E-state index contributed by atoms with van der Waals surface area (Å²) in [4.78, 5) is 43.8. The summed E-state index contributed by atoms with van der Waals surface area (Å²) in [5, 5.41) is 12.6. The Kier molecular flexibility index (Phi) is 5.75. The first kappa shape index (κ1) is 18.9. The zero-order valence-electron chi connectivity index (χ0n) is 14.2. The van der Waals surface area contributed by atoms with Gasteiger partial charge in [0, 0.05) is 28.6 Å². The van der Waals surface area contributed by atoms with Crippen LogP contribution in [0.15, 0.2) is 56.9 Å². The maximum absolute atomic E-state index is 12.5. The molecule has 2 N–H and O–H groups in total. The number of rotatable bonds is 6. The average Bonchev–Trinajstić information content (AvgIpc) is 2.62. The largest absolute Gasteiger partial charge is 0.481 e. The van der Waals surface area contributed by atoms with Crippen LogP contribution in [0.25, 0.3) is 0 Å². The van der Waals surface area contributed by atoms with Crippen molar-refractivity contribution in [1.29, 1.82) is 0 Å². The van der Waals surface area contributed by atoms with Gasteiger partial charge in [0.15, 0.2) is 6.04 Å². The van der Waals surface area contributed by atoms with Crippen molar-refractivity contribution >= 4 is 39.4 Å². The van der Waals surface area contributed by atoms with Crippen molar-refractivity contribution in [3.8, 4) is 0 Å². The van der Waals surface area contributed by atoms with E-state index in [4.69, 9.17) is 5.11 Å². The molecule has 0 aromatic heterocycles. The second-order valence-electron chi connectivity index (χ2n) is 6.00. The summed E-state index contributed by atoms with van der Waals surface area (Å²) in [7, 11) is 0. The average molecular weight is 430 g/mol. The van der Waals surface area contributed by atoms with Crippen LogP contribution in [0.1, 0.15) is 30.9 Å². The number of aliphatic carboxylic acids is 1. The number of carboxylic acids is 1. The van der Waals surface area contributed by atoms with Gasteiger partial charge in [-0.2, -0.15) is 0 Å². The Bertz CT molecular complexity index is 1040. The monoisotopic (exact) mass is 429 g/mol. The Morgan fingerprint density at radius 3 is 2.59 bits per heavy atom. The van der Waals surface area contributed by atoms with Gasteiger partial charge in [0.2, 0.25) is 5.91 Å². The molecule has 0 spiro atoms. The van der Waals surface area contributed by atoms with Crippen LogP contribution in [0.2, 0.25) is 0 Å². The van der Waals surface area contributed by atoms with Crippen molar-refractivity contribution in [3.63, 3.8) is 0 Å². The van der Waals surface area contributed by atoms with E-state index >= 15 is 0 Å². The van der Waals surface area contributed by atoms with Crippen molar-refractivity contribution < 1.29 is 19.5 Å². The van der Waals surface area contributed by atoms with Crippen molar-refractivity contribution in [3.05, 3.63) is 63.2 Å². The molecule has 1 unspecified atom stereocenters. The summed E-state index contributed by atoms with van der Waals surface area (Å²) in [5.41, 5.74) is 0.981. The molecule has 0 fully saturated rings. The van der Waals surface area contributed by atoms with E-state index in [-0.39, 0.29) is 25.2 Å². The quantitative estimate of drug-likeness (QED) is 0.732. The second-order valence-corrected chi connectivity index (χ2v) is 6.91. The number of halogens is 1. The third-order valence-electron chi connectivity index (χ3n) is 3.99. The van der Waals surface area contributed by atoms with Gasteiger partial charge in [-0.3, -0.25) is 19.4 Å². The summed E-state index contributed by atoms with van der Waals surface area (Å²) in [6, 6.07) is 11.4. The van der Waals surface area contributed by atoms with Gasteiger partial charge in [0.1, 0.15) is 0 Å². The minimum atomic E-state index is -0.945. The predicted octanol–water partition coefficient (Wildman–Crippen LogP) is 2.16. The maximum atomic E-state index is 12.5. The summed E-state index contributed by atoms with van der Waals surface area (Å²) in [6.45, 7) is 0. The lowest BCUT2D eigenvalue weighted by Gasteiger charge is -2.17. The van der Waals surface area contributed by atoms with E-state index < -0.39 is 17.9 Å². The molecule has 1 heterocycles. The van der Waals surface area contributed by atoms with Gasteiger partial charge in [-0.1, -0.05) is 28.1 Å². The normalized spacial score (nSPS) is 15.3. The second kappa shape index (κ2) is 8.22. The third kappa shape index (κ3) is 4.65. The summed E-state index contributed by atoms with van der Waals surface area (Å²) in [5.74, 6) is -1.67. The number of hydrogen-bond acceptors (Lipinski definition) is 4. The number of carbonyl (C=O) groups excluding carboxylic acids is 2. The number of fused-ring (bicyclic) bond motifs is 1. The predicted molar refractivity (Wildman–Crippen MR) is 101 cm³/mol. The first-order valence-corrected chi connectivity index (χ1v) is 9.10. The maximum Gasteiger partial charge on any atom is 0.303 e. The molecule has 27 heavy (non-hydrogen) atoms. The lowest BCUT2D eigenvalue weighted by atomic mass is 10.0. The SMILES string of the molecule is O=C(O)CCCC(=O)Nc1ccc(Br)cc1C1N=c2ccccc2=NC1=O. The van der Waals surface area contributed by atoms with E-state index in [2.05, 4.69) is 31.2 Å². The van der Waals surface area contributed by atoms with Gasteiger partial charge in [0.25, 0.3) is 5.91 Å².